The van der Waals surface area contributed by atoms with Crippen molar-refractivity contribution >= 4 is 34.4 Å². The molecule has 1 aliphatic rings. The minimum Gasteiger partial charge on any atom is -0.467 e. The zero-order valence-electron chi connectivity index (χ0n) is 12.4. The number of rotatable bonds is 2. The number of H-pyrrole nitrogens is 1. The standard InChI is InChI=1S/C16H17ClN2O3/c1-9-15-11(10-5-3-4-6-12(10)18-15)7-13(16(21)22-2)19(9)14(20)8-17/h3-6,9,13,18H,7-8H2,1-2H3/t9?,13-/m0/s1. The van der Waals surface area contributed by atoms with Crippen molar-refractivity contribution in [2.75, 3.05) is 13.0 Å². The number of nitrogens with one attached hydrogen (secondary N) is 1. The lowest BCUT2D eigenvalue weighted by molar-refractivity contribution is -0.154. The van der Waals surface area contributed by atoms with E-state index in [0.29, 0.717) is 6.42 Å². The number of ether oxygens (including phenoxy) is 1. The van der Waals surface area contributed by atoms with Crippen molar-refractivity contribution in [2.45, 2.75) is 25.4 Å². The van der Waals surface area contributed by atoms with E-state index in [9.17, 15) is 9.59 Å². The van der Waals surface area contributed by atoms with Gasteiger partial charge in [-0.1, -0.05) is 18.2 Å². The number of para-hydroxylation sites is 1. The van der Waals surface area contributed by atoms with E-state index >= 15 is 0 Å². The molecule has 5 nitrogen and oxygen atoms in total. The number of carbonyl (C=O) groups excluding carboxylic acids is 2. The van der Waals surface area contributed by atoms with Crippen LogP contribution >= 0.6 is 11.6 Å². The van der Waals surface area contributed by atoms with E-state index in [2.05, 4.69) is 4.98 Å². The molecular formula is C16H17ClN2O3. The van der Waals surface area contributed by atoms with Gasteiger partial charge in [-0.2, -0.15) is 0 Å². The first-order chi connectivity index (χ1) is 10.6. The van der Waals surface area contributed by atoms with E-state index in [4.69, 9.17) is 16.3 Å². The Morgan fingerprint density at radius 3 is 2.82 bits per heavy atom. The molecule has 0 radical (unpaired) electrons. The molecule has 0 fully saturated rings. The van der Waals surface area contributed by atoms with E-state index in [0.717, 1.165) is 22.2 Å². The van der Waals surface area contributed by atoms with E-state index in [1.165, 1.54) is 12.0 Å². The molecule has 1 aromatic carbocycles. The molecule has 6 heteroatoms. The molecular weight excluding hydrogens is 304 g/mol. The smallest absolute Gasteiger partial charge is 0.328 e. The van der Waals surface area contributed by atoms with Crippen molar-refractivity contribution in [3.05, 3.63) is 35.5 Å². The molecule has 1 aliphatic heterocycles. The fraction of sp³-hybridized carbons (Fsp3) is 0.375. The molecule has 1 N–H and O–H groups in total. The van der Waals surface area contributed by atoms with Gasteiger partial charge in [-0.3, -0.25) is 4.79 Å². The van der Waals surface area contributed by atoms with Crippen LogP contribution in [0.25, 0.3) is 10.9 Å². The lowest BCUT2D eigenvalue weighted by Gasteiger charge is -2.38. The SMILES string of the molecule is COC(=O)[C@@H]1Cc2c([nH]c3ccccc23)C(C)N1C(=O)CCl. The quantitative estimate of drug-likeness (QED) is 0.682. The first-order valence-corrected chi connectivity index (χ1v) is 7.66. The van der Waals surface area contributed by atoms with Crippen LogP contribution in [0.15, 0.2) is 24.3 Å². The summed E-state index contributed by atoms with van der Waals surface area (Å²) in [6.07, 6.45) is 0.430. The minimum absolute atomic E-state index is 0.159. The Labute approximate surface area is 133 Å². The Morgan fingerprint density at radius 2 is 2.14 bits per heavy atom. The van der Waals surface area contributed by atoms with Crippen molar-refractivity contribution < 1.29 is 14.3 Å². The summed E-state index contributed by atoms with van der Waals surface area (Å²) in [6.45, 7) is 1.90. The fourth-order valence-corrected chi connectivity index (χ4v) is 3.43. The number of benzene rings is 1. The molecule has 0 bridgehead atoms. The number of halogens is 1. The second-order valence-corrected chi connectivity index (χ2v) is 5.68. The van der Waals surface area contributed by atoms with Gasteiger partial charge in [0.1, 0.15) is 11.9 Å². The second kappa shape index (κ2) is 5.65. The lowest BCUT2D eigenvalue weighted by atomic mass is 9.92. The van der Waals surface area contributed by atoms with Crippen LogP contribution in [0.2, 0.25) is 0 Å². The second-order valence-electron chi connectivity index (χ2n) is 5.42. The van der Waals surface area contributed by atoms with Crippen LogP contribution in [0.1, 0.15) is 24.2 Å². The summed E-state index contributed by atoms with van der Waals surface area (Å²) >= 11 is 5.72. The predicted octanol–water partition coefficient (Wildman–Crippen LogP) is 2.39. The van der Waals surface area contributed by atoms with Gasteiger partial charge in [0, 0.05) is 23.0 Å². The number of amides is 1. The van der Waals surface area contributed by atoms with Gasteiger partial charge in [-0.15, -0.1) is 11.6 Å². The Balaban J connectivity index is 2.14. The molecule has 116 valence electrons. The normalized spacial score (nSPS) is 20.8. The van der Waals surface area contributed by atoms with Crippen LogP contribution in [0.3, 0.4) is 0 Å². The predicted molar refractivity (Wildman–Crippen MR) is 83.8 cm³/mol. The van der Waals surface area contributed by atoms with Crippen molar-refractivity contribution in [1.29, 1.82) is 0 Å². The molecule has 1 unspecified atom stereocenters. The Hall–Kier alpha value is -2.01. The van der Waals surface area contributed by atoms with Crippen LogP contribution in [0.4, 0.5) is 0 Å². The summed E-state index contributed by atoms with van der Waals surface area (Å²) in [5.41, 5.74) is 3.03. The van der Waals surface area contributed by atoms with Crippen molar-refractivity contribution in [3.8, 4) is 0 Å². The van der Waals surface area contributed by atoms with Crippen molar-refractivity contribution in [3.63, 3.8) is 0 Å². The number of aromatic nitrogens is 1. The first kappa shape index (κ1) is 14.9. The third-order valence-electron chi connectivity index (χ3n) is 4.29. The van der Waals surface area contributed by atoms with Crippen molar-refractivity contribution in [1.82, 2.24) is 9.88 Å². The summed E-state index contributed by atoms with van der Waals surface area (Å²) in [4.78, 5) is 29.2. The average Bonchev–Trinajstić information content (AvgIpc) is 2.92. The van der Waals surface area contributed by atoms with E-state index in [1.54, 1.807) is 0 Å². The van der Waals surface area contributed by atoms with E-state index < -0.39 is 12.0 Å². The number of fused-ring (bicyclic) bond motifs is 3. The highest BCUT2D eigenvalue weighted by atomic mass is 35.5. The van der Waals surface area contributed by atoms with Gasteiger partial charge in [-0.25, -0.2) is 4.79 Å². The molecule has 0 spiro atoms. The number of carbonyl (C=O) groups is 2. The minimum atomic E-state index is -0.641. The van der Waals surface area contributed by atoms with Gasteiger partial charge in [0.05, 0.1) is 13.2 Å². The number of hydrogen-bond donors (Lipinski definition) is 1. The van der Waals surface area contributed by atoms with Crippen LogP contribution in [0, 0.1) is 0 Å². The molecule has 1 amide bonds. The maximum absolute atomic E-state index is 12.2. The molecule has 1 aromatic heterocycles. The van der Waals surface area contributed by atoms with Gasteiger partial charge in [0.25, 0.3) is 0 Å². The van der Waals surface area contributed by atoms with Gasteiger partial charge in [0.15, 0.2) is 0 Å². The largest absolute Gasteiger partial charge is 0.467 e. The first-order valence-electron chi connectivity index (χ1n) is 7.13. The maximum atomic E-state index is 12.2. The fourth-order valence-electron chi connectivity index (χ4n) is 3.29. The molecule has 2 aromatic rings. The lowest BCUT2D eigenvalue weighted by Crippen LogP contribution is -2.51. The zero-order valence-corrected chi connectivity index (χ0v) is 13.2. The number of esters is 1. The van der Waals surface area contributed by atoms with Crippen LogP contribution < -0.4 is 0 Å². The summed E-state index contributed by atoms with van der Waals surface area (Å²) < 4.78 is 4.88. The number of aromatic amines is 1. The summed E-state index contributed by atoms with van der Waals surface area (Å²) in [7, 11) is 1.33. The van der Waals surface area contributed by atoms with Crippen LogP contribution in [0.5, 0.6) is 0 Å². The average molecular weight is 321 g/mol. The molecule has 0 saturated heterocycles. The molecule has 0 saturated carbocycles. The summed E-state index contributed by atoms with van der Waals surface area (Å²) in [6, 6.07) is 7.02. The van der Waals surface area contributed by atoms with Crippen LogP contribution in [-0.2, 0) is 20.7 Å². The van der Waals surface area contributed by atoms with E-state index in [-0.39, 0.29) is 17.8 Å². The van der Waals surface area contributed by atoms with Gasteiger partial charge < -0.3 is 14.6 Å². The zero-order chi connectivity index (χ0) is 15.9. The number of nitrogens with zero attached hydrogens (tertiary/aromatic N) is 1. The molecule has 2 heterocycles. The van der Waals surface area contributed by atoms with Crippen LogP contribution in [-0.4, -0.2) is 40.8 Å². The molecule has 3 rings (SSSR count). The van der Waals surface area contributed by atoms with Gasteiger partial charge in [0.2, 0.25) is 5.91 Å². The molecule has 2 atom stereocenters. The van der Waals surface area contributed by atoms with Crippen molar-refractivity contribution in [2.24, 2.45) is 0 Å². The Morgan fingerprint density at radius 1 is 1.41 bits per heavy atom. The third-order valence-corrected chi connectivity index (χ3v) is 4.52. The van der Waals surface area contributed by atoms with Gasteiger partial charge >= 0.3 is 5.97 Å². The highest BCUT2D eigenvalue weighted by molar-refractivity contribution is 6.27. The summed E-state index contributed by atoms with van der Waals surface area (Å²) in [5.74, 6) is -0.844. The molecule has 0 aliphatic carbocycles. The maximum Gasteiger partial charge on any atom is 0.328 e. The highest BCUT2D eigenvalue weighted by Crippen LogP contribution is 2.37. The highest BCUT2D eigenvalue weighted by Gasteiger charge is 2.40. The van der Waals surface area contributed by atoms with Gasteiger partial charge in [-0.05, 0) is 18.6 Å². The Kier molecular flexibility index (Phi) is 3.83. The topological polar surface area (TPSA) is 62.4 Å². The number of hydrogen-bond acceptors (Lipinski definition) is 3. The summed E-state index contributed by atoms with van der Waals surface area (Å²) in [5, 5.41) is 1.08. The van der Waals surface area contributed by atoms with E-state index in [1.807, 2.05) is 31.2 Å². The monoisotopic (exact) mass is 320 g/mol. The number of alkyl halides is 1. The Bertz CT molecular complexity index is 740. The number of methoxy groups -OCH3 is 1. The molecule has 22 heavy (non-hydrogen) atoms. The third kappa shape index (κ3) is 2.16.